The van der Waals surface area contributed by atoms with Crippen molar-refractivity contribution in [3.63, 3.8) is 0 Å². The smallest absolute Gasteiger partial charge is 0.193 e. The van der Waals surface area contributed by atoms with Crippen molar-refractivity contribution in [1.29, 1.82) is 0 Å². The number of carbonyl (C=O) groups excluding carboxylic acids is 1. The van der Waals surface area contributed by atoms with Crippen LogP contribution in [0.1, 0.15) is 27.0 Å². The Morgan fingerprint density at radius 3 is 2.35 bits per heavy atom. The zero-order valence-electron chi connectivity index (χ0n) is 9.83. The summed E-state index contributed by atoms with van der Waals surface area (Å²) in [6.45, 7) is 3.55. The number of ketones is 1. The SMILES string of the molecule is Cc1cc(C(=O)c2ccccc2C)ccc1F. The quantitative estimate of drug-likeness (QED) is 0.717. The van der Waals surface area contributed by atoms with Gasteiger partial charge in [0.1, 0.15) is 5.82 Å². The minimum atomic E-state index is -0.286. The molecule has 0 aromatic heterocycles. The molecule has 86 valence electrons. The summed E-state index contributed by atoms with van der Waals surface area (Å²) in [5.74, 6) is -0.350. The van der Waals surface area contributed by atoms with Crippen molar-refractivity contribution < 1.29 is 9.18 Å². The molecule has 0 heterocycles. The maximum Gasteiger partial charge on any atom is 0.193 e. The van der Waals surface area contributed by atoms with Gasteiger partial charge < -0.3 is 0 Å². The van der Waals surface area contributed by atoms with Crippen LogP contribution in [0.4, 0.5) is 4.39 Å². The molecule has 17 heavy (non-hydrogen) atoms. The summed E-state index contributed by atoms with van der Waals surface area (Å²) in [4.78, 5) is 12.2. The van der Waals surface area contributed by atoms with Gasteiger partial charge in [-0.15, -0.1) is 0 Å². The van der Waals surface area contributed by atoms with Gasteiger partial charge in [-0.1, -0.05) is 24.3 Å². The summed E-state index contributed by atoms with van der Waals surface area (Å²) in [5.41, 5.74) is 2.61. The zero-order chi connectivity index (χ0) is 12.4. The lowest BCUT2D eigenvalue weighted by Crippen LogP contribution is -2.04. The first-order valence-electron chi connectivity index (χ1n) is 5.46. The number of rotatable bonds is 2. The van der Waals surface area contributed by atoms with Gasteiger partial charge in [0.25, 0.3) is 0 Å². The third-order valence-corrected chi connectivity index (χ3v) is 2.81. The zero-order valence-corrected chi connectivity index (χ0v) is 9.83. The minimum Gasteiger partial charge on any atom is -0.289 e. The number of hydrogen-bond acceptors (Lipinski definition) is 1. The second-order valence-electron chi connectivity index (χ2n) is 4.11. The summed E-state index contributed by atoms with van der Waals surface area (Å²) in [7, 11) is 0. The predicted octanol–water partition coefficient (Wildman–Crippen LogP) is 3.67. The lowest BCUT2D eigenvalue weighted by molar-refractivity contribution is 0.103. The van der Waals surface area contributed by atoms with Crippen LogP contribution in [0, 0.1) is 19.7 Å². The maximum atomic E-state index is 13.1. The van der Waals surface area contributed by atoms with E-state index in [-0.39, 0.29) is 11.6 Å². The van der Waals surface area contributed by atoms with E-state index in [9.17, 15) is 9.18 Å². The van der Waals surface area contributed by atoms with Gasteiger partial charge in [0, 0.05) is 11.1 Å². The molecule has 1 nitrogen and oxygen atoms in total. The number of benzene rings is 2. The van der Waals surface area contributed by atoms with Crippen LogP contribution in [-0.4, -0.2) is 5.78 Å². The van der Waals surface area contributed by atoms with Gasteiger partial charge in [-0.3, -0.25) is 4.79 Å². The van der Waals surface area contributed by atoms with Gasteiger partial charge in [0.05, 0.1) is 0 Å². The Labute approximate surface area is 99.9 Å². The second kappa shape index (κ2) is 4.50. The summed E-state index contributed by atoms with van der Waals surface area (Å²) in [6, 6.07) is 11.8. The fraction of sp³-hybridized carbons (Fsp3) is 0.133. The first-order valence-corrected chi connectivity index (χ1v) is 5.46. The van der Waals surface area contributed by atoms with Crippen LogP contribution in [0.2, 0.25) is 0 Å². The van der Waals surface area contributed by atoms with E-state index < -0.39 is 0 Å². The van der Waals surface area contributed by atoms with Gasteiger partial charge in [-0.25, -0.2) is 4.39 Å². The third-order valence-electron chi connectivity index (χ3n) is 2.81. The Balaban J connectivity index is 2.44. The Bertz CT molecular complexity index is 573. The number of aryl methyl sites for hydroxylation is 2. The summed E-state index contributed by atoms with van der Waals surface area (Å²) in [6.07, 6.45) is 0. The van der Waals surface area contributed by atoms with Crippen molar-refractivity contribution >= 4 is 5.78 Å². The van der Waals surface area contributed by atoms with E-state index in [1.807, 2.05) is 25.1 Å². The molecule has 0 atom stereocenters. The Kier molecular flexibility index (Phi) is 3.05. The van der Waals surface area contributed by atoms with Crippen molar-refractivity contribution in [3.05, 3.63) is 70.5 Å². The number of carbonyl (C=O) groups is 1. The fourth-order valence-electron chi connectivity index (χ4n) is 1.77. The van der Waals surface area contributed by atoms with Crippen molar-refractivity contribution in [2.75, 3.05) is 0 Å². The Hall–Kier alpha value is -1.96. The number of halogens is 1. The van der Waals surface area contributed by atoms with E-state index in [2.05, 4.69) is 0 Å². The van der Waals surface area contributed by atoms with E-state index in [0.29, 0.717) is 16.7 Å². The highest BCUT2D eigenvalue weighted by molar-refractivity contribution is 6.09. The van der Waals surface area contributed by atoms with E-state index in [1.165, 1.54) is 12.1 Å². The molecule has 0 bridgehead atoms. The van der Waals surface area contributed by atoms with Gasteiger partial charge in [-0.05, 0) is 43.2 Å². The molecule has 2 rings (SSSR count). The molecule has 0 saturated carbocycles. The third kappa shape index (κ3) is 2.26. The topological polar surface area (TPSA) is 17.1 Å². The molecular formula is C15H13FO. The fourth-order valence-corrected chi connectivity index (χ4v) is 1.77. The molecular weight excluding hydrogens is 215 g/mol. The van der Waals surface area contributed by atoms with Crippen molar-refractivity contribution in [1.82, 2.24) is 0 Å². The van der Waals surface area contributed by atoms with Gasteiger partial charge in [-0.2, -0.15) is 0 Å². The minimum absolute atomic E-state index is 0.0637. The van der Waals surface area contributed by atoms with Crippen LogP contribution in [0.15, 0.2) is 42.5 Å². The van der Waals surface area contributed by atoms with E-state index >= 15 is 0 Å². The molecule has 2 heteroatoms. The molecule has 2 aromatic carbocycles. The van der Waals surface area contributed by atoms with Gasteiger partial charge >= 0.3 is 0 Å². The van der Waals surface area contributed by atoms with E-state index in [1.54, 1.807) is 19.1 Å². The molecule has 0 fully saturated rings. The maximum absolute atomic E-state index is 13.1. The van der Waals surface area contributed by atoms with Crippen molar-refractivity contribution in [3.8, 4) is 0 Å². The molecule has 0 amide bonds. The van der Waals surface area contributed by atoms with Crippen molar-refractivity contribution in [2.45, 2.75) is 13.8 Å². The first-order chi connectivity index (χ1) is 8.09. The molecule has 0 saturated heterocycles. The molecule has 0 aliphatic heterocycles. The molecule has 0 unspecified atom stereocenters. The Morgan fingerprint density at radius 1 is 1.00 bits per heavy atom. The highest BCUT2D eigenvalue weighted by Crippen LogP contribution is 2.16. The van der Waals surface area contributed by atoms with Crippen LogP contribution in [0.25, 0.3) is 0 Å². The number of hydrogen-bond donors (Lipinski definition) is 0. The summed E-state index contributed by atoms with van der Waals surface area (Å²) < 4.78 is 13.1. The summed E-state index contributed by atoms with van der Waals surface area (Å²) >= 11 is 0. The van der Waals surface area contributed by atoms with Crippen LogP contribution in [-0.2, 0) is 0 Å². The lowest BCUT2D eigenvalue weighted by Gasteiger charge is -2.05. The molecule has 0 radical (unpaired) electrons. The molecule has 0 N–H and O–H groups in total. The second-order valence-corrected chi connectivity index (χ2v) is 4.11. The molecule has 0 spiro atoms. The molecule has 0 aliphatic carbocycles. The van der Waals surface area contributed by atoms with Crippen LogP contribution >= 0.6 is 0 Å². The average Bonchev–Trinajstić information content (AvgIpc) is 2.32. The highest BCUT2D eigenvalue weighted by Gasteiger charge is 2.12. The Morgan fingerprint density at radius 2 is 1.71 bits per heavy atom. The van der Waals surface area contributed by atoms with Crippen molar-refractivity contribution in [2.24, 2.45) is 0 Å². The van der Waals surface area contributed by atoms with Crippen LogP contribution in [0.3, 0.4) is 0 Å². The van der Waals surface area contributed by atoms with Crippen LogP contribution < -0.4 is 0 Å². The highest BCUT2D eigenvalue weighted by atomic mass is 19.1. The van der Waals surface area contributed by atoms with Crippen LogP contribution in [0.5, 0.6) is 0 Å². The van der Waals surface area contributed by atoms with Gasteiger partial charge in [0.15, 0.2) is 5.78 Å². The predicted molar refractivity (Wildman–Crippen MR) is 65.7 cm³/mol. The largest absolute Gasteiger partial charge is 0.289 e. The molecule has 2 aromatic rings. The van der Waals surface area contributed by atoms with Gasteiger partial charge in [0.2, 0.25) is 0 Å². The first kappa shape index (κ1) is 11.5. The molecule has 0 aliphatic rings. The van der Waals surface area contributed by atoms with E-state index in [0.717, 1.165) is 5.56 Å². The normalized spacial score (nSPS) is 10.3. The average molecular weight is 228 g/mol. The summed E-state index contributed by atoms with van der Waals surface area (Å²) in [5, 5.41) is 0. The standard InChI is InChI=1S/C15H13FO/c1-10-5-3-4-6-13(10)15(17)12-7-8-14(16)11(2)9-12/h3-9H,1-2H3. The van der Waals surface area contributed by atoms with E-state index in [4.69, 9.17) is 0 Å². The lowest BCUT2D eigenvalue weighted by atomic mass is 9.98. The monoisotopic (exact) mass is 228 g/mol.